The van der Waals surface area contributed by atoms with Crippen LogP contribution >= 0.6 is 34.2 Å². The fourth-order valence-electron chi connectivity index (χ4n) is 1.74. The quantitative estimate of drug-likeness (QED) is 0.781. The molecule has 0 heterocycles. The first-order valence-electron chi connectivity index (χ1n) is 5.60. The van der Waals surface area contributed by atoms with Gasteiger partial charge in [-0.3, -0.25) is 4.79 Å². The lowest BCUT2D eigenvalue weighted by molar-refractivity contribution is 0.100. The Kier molecular flexibility index (Phi) is 4.31. The smallest absolute Gasteiger partial charge is 0.250 e. The molecule has 0 radical (unpaired) electrons. The molecule has 0 aliphatic carbocycles. The number of hydrogen-bond donors (Lipinski definition) is 2. The zero-order valence-corrected chi connectivity index (χ0v) is 13.1. The van der Waals surface area contributed by atoms with E-state index in [9.17, 15) is 4.79 Å². The Balaban J connectivity index is 2.40. The van der Waals surface area contributed by atoms with E-state index in [0.29, 0.717) is 16.3 Å². The first-order valence-corrected chi connectivity index (χ1v) is 7.05. The molecule has 0 aliphatic heterocycles. The third kappa shape index (κ3) is 3.39. The van der Waals surface area contributed by atoms with Gasteiger partial charge >= 0.3 is 0 Å². The molecule has 0 bridgehead atoms. The van der Waals surface area contributed by atoms with E-state index in [1.54, 1.807) is 18.2 Å². The van der Waals surface area contributed by atoms with E-state index in [-0.39, 0.29) is 0 Å². The molecule has 0 atom stereocenters. The van der Waals surface area contributed by atoms with Crippen molar-refractivity contribution >= 4 is 51.5 Å². The summed E-state index contributed by atoms with van der Waals surface area (Å²) in [7, 11) is 0. The van der Waals surface area contributed by atoms with Crippen LogP contribution in [0.2, 0.25) is 5.02 Å². The fourth-order valence-corrected chi connectivity index (χ4v) is 2.56. The van der Waals surface area contributed by atoms with Gasteiger partial charge in [-0.15, -0.1) is 0 Å². The molecule has 0 aliphatic rings. The van der Waals surface area contributed by atoms with Gasteiger partial charge in [0.25, 0.3) is 5.91 Å². The summed E-state index contributed by atoms with van der Waals surface area (Å²) in [5, 5.41) is 3.70. The molecule has 0 saturated carbocycles. The van der Waals surface area contributed by atoms with E-state index in [0.717, 1.165) is 14.8 Å². The van der Waals surface area contributed by atoms with Crippen LogP contribution in [0.1, 0.15) is 15.9 Å². The van der Waals surface area contributed by atoms with Gasteiger partial charge < -0.3 is 11.1 Å². The molecule has 19 heavy (non-hydrogen) atoms. The third-order valence-corrected chi connectivity index (χ3v) is 3.61. The van der Waals surface area contributed by atoms with Gasteiger partial charge in [0.1, 0.15) is 0 Å². The van der Waals surface area contributed by atoms with Crippen LogP contribution in [0.5, 0.6) is 0 Å². The average Bonchev–Trinajstić information content (AvgIpc) is 2.34. The Morgan fingerprint density at radius 2 is 1.89 bits per heavy atom. The zero-order valence-electron chi connectivity index (χ0n) is 10.2. The minimum atomic E-state index is -0.506. The van der Waals surface area contributed by atoms with Crippen molar-refractivity contribution in [2.75, 3.05) is 5.32 Å². The summed E-state index contributed by atoms with van der Waals surface area (Å²) >= 11 is 8.13. The summed E-state index contributed by atoms with van der Waals surface area (Å²) in [6.45, 7) is 2.00. The molecule has 0 fully saturated rings. The van der Waals surface area contributed by atoms with Crippen molar-refractivity contribution in [3.8, 4) is 0 Å². The molecule has 0 unspecified atom stereocenters. The zero-order chi connectivity index (χ0) is 14.0. The number of carbonyl (C=O) groups is 1. The Morgan fingerprint density at radius 3 is 2.53 bits per heavy atom. The minimum absolute atomic E-state index is 0.380. The highest BCUT2D eigenvalue weighted by Gasteiger charge is 2.10. The van der Waals surface area contributed by atoms with Crippen molar-refractivity contribution in [2.24, 2.45) is 5.73 Å². The number of halogens is 2. The Labute approximate surface area is 130 Å². The molecule has 0 aromatic heterocycles. The van der Waals surface area contributed by atoms with Crippen molar-refractivity contribution in [1.29, 1.82) is 0 Å². The Bertz CT molecular complexity index is 643. The van der Waals surface area contributed by atoms with Crippen molar-refractivity contribution < 1.29 is 4.79 Å². The highest BCUT2D eigenvalue weighted by molar-refractivity contribution is 14.1. The van der Waals surface area contributed by atoms with Gasteiger partial charge in [-0.1, -0.05) is 11.6 Å². The highest BCUT2D eigenvalue weighted by atomic mass is 127. The molecule has 3 nitrogen and oxygen atoms in total. The number of aryl methyl sites for hydroxylation is 1. The number of amides is 1. The second-order valence-corrected chi connectivity index (χ2v) is 5.82. The van der Waals surface area contributed by atoms with E-state index in [1.807, 2.05) is 19.1 Å². The largest absolute Gasteiger partial charge is 0.366 e. The average molecular weight is 387 g/mol. The van der Waals surface area contributed by atoms with Gasteiger partial charge in [0.2, 0.25) is 0 Å². The molecule has 2 rings (SSSR count). The molecule has 3 N–H and O–H groups in total. The van der Waals surface area contributed by atoms with Crippen LogP contribution in [-0.2, 0) is 0 Å². The third-order valence-electron chi connectivity index (χ3n) is 2.70. The number of primary amides is 1. The summed E-state index contributed by atoms with van der Waals surface area (Å²) in [5.41, 5.74) is 8.42. The van der Waals surface area contributed by atoms with Gasteiger partial charge in [0, 0.05) is 14.3 Å². The summed E-state index contributed by atoms with van der Waals surface area (Å²) in [5.74, 6) is -0.506. The highest BCUT2D eigenvalue weighted by Crippen LogP contribution is 2.26. The second-order valence-electron chi connectivity index (χ2n) is 4.14. The van der Waals surface area contributed by atoms with Crippen LogP contribution in [0.25, 0.3) is 0 Å². The normalized spacial score (nSPS) is 10.3. The molecule has 2 aromatic rings. The maximum Gasteiger partial charge on any atom is 0.250 e. The van der Waals surface area contributed by atoms with Crippen LogP contribution in [0, 0.1) is 10.5 Å². The first-order chi connectivity index (χ1) is 8.97. The van der Waals surface area contributed by atoms with Crippen LogP contribution in [0.15, 0.2) is 36.4 Å². The van der Waals surface area contributed by atoms with Gasteiger partial charge in [0.05, 0.1) is 11.3 Å². The maximum absolute atomic E-state index is 11.4. The molecule has 1 amide bonds. The first kappa shape index (κ1) is 14.1. The van der Waals surface area contributed by atoms with E-state index in [2.05, 4.69) is 34.0 Å². The van der Waals surface area contributed by atoms with Gasteiger partial charge in [-0.25, -0.2) is 0 Å². The van der Waals surface area contributed by atoms with Crippen LogP contribution in [0.4, 0.5) is 11.4 Å². The van der Waals surface area contributed by atoms with Crippen molar-refractivity contribution in [2.45, 2.75) is 6.92 Å². The number of hydrogen-bond acceptors (Lipinski definition) is 2. The number of rotatable bonds is 3. The number of carbonyl (C=O) groups excluding carboxylic acids is 1. The van der Waals surface area contributed by atoms with Crippen molar-refractivity contribution in [3.63, 3.8) is 0 Å². The molecule has 98 valence electrons. The lowest BCUT2D eigenvalue weighted by Gasteiger charge is -2.13. The maximum atomic E-state index is 11.4. The fraction of sp³-hybridized carbons (Fsp3) is 0.0714. The van der Waals surface area contributed by atoms with Gasteiger partial charge in [0.15, 0.2) is 0 Å². The predicted octanol–water partition coefficient (Wildman–Crippen LogP) is 4.10. The predicted molar refractivity (Wildman–Crippen MR) is 87.1 cm³/mol. The summed E-state index contributed by atoms with van der Waals surface area (Å²) < 4.78 is 1.16. The minimum Gasteiger partial charge on any atom is -0.366 e. The van der Waals surface area contributed by atoms with Crippen LogP contribution in [0.3, 0.4) is 0 Å². The molecular weight excluding hydrogens is 375 g/mol. The SMILES string of the molecule is Cc1cc(I)ccc1Nc1ccc(Cl)cc1C(N)=O. The summed E-state index contributed by atoms with van der Waals surface area (Å²) in [4.78, 5) is 11.4. The number of nitrogens with one attached hydrogen (secondary N) is 1. The van der Waals surface area contributed by atoms with E-state index in [1.165, 1.54) is 0 Å². The van der Waals surface area contributed by atoms with Crippen molar-refractivity contribution in [1.82, 2.24) is 0 Å². The molecular formula is C14H12ClIN2O. The lowest BCUT2D eigenvalue weighted by atomic mass is 10.1. The number of benzene rings is 2. The monoisotopic (exact) mass is 386 g/mol. The van der Waals surface area contributed by atoms with Crippen molar-refractivity contribution in [3.05, 3.63) is 56.1 Å². The number of nitrogens with two attached hydrogens (primary N) is 1. The number of anilines is 2. The van der Waals surface area contributed by atoms with Gasteiger partial charge in [-0.2, -0.15) is 0 Å². The van der Waals surface area contributed by atoms with Crippen LogP contribution < -0.4 is 11.1 Å². The molecule has 0 saturated heterocycles. The van der Waals surface area contributed by atoms with Gasteiger partial charge in [-0.05, 0) is 71.5 Å². The molecule has 2 aromatic carbocycles. The standard InChI is InChI=1S/C14H12ClIN2O/c1-8-6-10(16)3-5-12(8)18-13-4-2-9(15)7-11(13)14(17)19/h2-7,18H,1H3,(H2,17,19). The summed E-state index contributed by atoms with van der Waals surface area (Å²) in [6, 6.07) is 11.1. The molecule has 0 spiro atoms. The molecule has 5 heteroatoms. The van der Waals surface area contributed by atoms with Crippen LogP contribution in [-0.4, -0.2) is 5.91 Å². The summed E-state index contributed by atoms with van der Waals surface area (Å²) in [6.07, 6.45) is 0. The second kappa shape index (κ2) is 5.79. The Morgan fingerprint density at radius 1 is 1.21 bits per heavy atom. The van der Waals surface area contributed by atoms with E-state index < -0.39 is 5.91 Å². The Hall–Kier alpha value is -1.27. The lowest BCUT2D eigenvalue weighted by Crippen LogP contribution is -2.13. The topological polar surface area (TPSA) is 55.1 Å². The van der Waals surface area contributed by atoms with E-state index in [4.69, 9.17) is 17.3 Å². The van der Waals surface area contributed by atoms with E-state index >= 15 is 0 Å².